The predicted molar refractivity (Wildman–Crippen MR) is 84.9 cm³/mol. The Kier molecular flexibility index (Phi) is 3.78. The SMILES string of the molecule is COc1ncccc1CN(C)C(=O)c1ccc2cc[nH]c2c1. The first-order valence-electron chi connectivity index (χ1n) is 6.99. The standard InChI is InChI=1S/C17H17N3O2/c1-20(11-14-4-3-8-19-16(14)22-2)17(21)13-6-5-12-7-9-18-15(12)10-13/h3-10,18H,11H2,1-2H3. The van der Waals surface area contributed by atoms with Crippen molar-refractivity contribution in [1.29, 1.82) is 0 Å². The lowest BCUT2D eigenvalue weighted by molar-refractivity contribution is 0.0784. The maximum absolute atomic E-state index is 12.6. The third-order valence-corrected chi connectivity index (χ3v) is 3.60. The van der Waals surface area contributed by atoms with Crippen molar-refractivity contribution in [3.8, 4) is 5.88 Å². The van der Waals surface area contributed by atoms with E-state index in [4.69, 9.17) is 4.74 Å². The highest BCUT2D eigenvalue weighted by Crippen LogP contribution is 2.18. The van der Waals surface area contributed by atoms with Crippen LogP contribution in [0.4, 0.5) is 0 Å². The molecule has 1 amide bonds. The Hall–Kier alpha value is -2.82. The van der Waals surface area contributed by atoms with E-state index in [1.807, 2.05) is 42.6 Å². The van der Waals surface area contributed by atoms with Crippen LogP contribution >= 0.6 is 0 Å². The Morgan fingerprint density at radius 2 is 2.18 bits per heavy atom. The number of methoxy groups -OCH3 is 1. The van der Waals surface area contributed by atoms with Gasteiger partial charge < -0.3 is 14.6 Å². The number of H-pyrrole nitrogens is 1. The molecule has 0 aliphatic carbocycles. The van der Waals surface area contributed by atoms with Crippen molar-refractivity contribution in [3.05, 3.63) is 59.9 Å². The zero-order chi connectivity index (χ0) is 15.5. The number of hydrogen-bond donors (Lipinski definition) is 1. The van der Waals surface area contributed by atoms with Gasteiger partial charge >= 0.3 is 0 Å². The van der Waals surface area contributed by atoms with Gasteiger partial charge in [-0.1, -0.05) is 12.1 Å². The number of pyridine rings is 1. The molecule has 2 aromatic heterocycles. The molecule has 0 saturated carbocycles. The summed E-state index contributed by atoms with van der Waals surface area (Å²) >= 11 is 0. The zero-order valence-corrected chi connectivity index (χ0v) is 12.5. The van der Waals surface area contributed by atoms with Crippen molar-refractivity contribution >= 4 is 16.8 Å². The second-order valence-electron chi connectivity index (χ2n) is 5.11. The Bertz CT molecular complexity index is 810. The smallest absolute Gasteiger partial charge is 0.253 e. The lowest BCUT2D eigenvalue weighted by Gasteiger charge is -2.18. The molecule has 0 bridgehead atoms. The van der Waals surface area contributed by atoms with Crippen LogP contribution in [-0.2, 0) is 6.54 Å². The van der Waals surface area contributed by atoms with Gasteiger partial charge in [0.1, 0.15) is 0 Å². The van der Waals surface area contributed by atoms with E-state index in [9.17, 15) is 4.79 Å². The van der Waals surface area contributed by atoms with Crippen molar-refractivity contribution in [2.24, 2.45) is 0 Å². The van der Waals surface area contributed by atoms with Crippen LogP contribution < -0.4 is 4.74 Å². The molecule has 0 aliphatic rings. The van der Waals surface area contributed by atoms with Crippen LogP contribution in [0.5, 0.6) is 5.88 Å². The summed E-state index contributed by atoms with van der Waals surface area (Å²) in [6.45, 7) is 0.443. The third-order valence-electron chi connectivity index (χ3n) is 3.60. The van der Waals surface area contributed by atoms with Gasteiger partial charge in [0, 0.05) is 36.1 Å². The minimum absolute atomic E-state index is 0.0394. The van der Waals surface area contributed by atoms with E-state index in [0.29, 0.717) is 18.0 Å². The number of carbonyl (C=O) groups excluding carboxylic acids is 1. The molecule has 0 saturated heterocycles. The molecule has 112 valence electrons. The van der Waals surface area contributed by atoms with E-state index < -0.39 is 0 Å². The van der Waals surface area contributed by atoms with Gasteiger partial charge in [0.15, 0.2) is 0 Å². The summed E-state index contributed by atoms with van der Waals surface area (Å²) in [6.07, 6.45) is 3.53. The summed E-state index contributed by atoms with van der Waals surface area (Å²) in [6, 6.07) is 11.4. The normalized spacial score (nSPS) is 10.6. The Labute approximate surface area is 128 Å². The van der Waals surface area contributed by atoms with Crippen molar-refractivity contribution in [2.45, 2.75) is 6.54 Å². The molecule has 1 aromatic carbocycles. The van der Waals surface area contributed by atoms with Crippen molar-refractivity contribution in [3.63, 3.8) is 0 Å². The lowest BCUT2D eigenvalue weighted by atomic mass is 10.1. The number of amides is 1. The summed E-state index contributed by atoms with van der Waals surface area (Å²) < 4.78 is 5.22. The maximum Gasteiger partial charge on any atom is 0.253 e. The van der Waals surface area contributed by atoms with E-state index in [0.717, 1.165) is 16.5 Å². The number of rotatable bonds is 4. The largest absolute Gasteiger partial charge is 0.481 e. The predicted octanol–water partition coefficient (Wildman–Crippen LogP) is 2.84. The molecule has 3 rings (SSSR count). The van der Waals surface area contributed by atoms with E-state index in [1.54, 1.807) is 25.3 Å². The van der Waals surface area contributed by atoms with E-state index in [2.05, 4.69) is 9.97 Å². The highest BCUT2D eigenvalue weighted by molar-refractivity contribution is 5.97. The monoisotopic (exact) mass is 295 g/mol. The number of fused-ring (bicyclic) bond motifs is 1. The number of carbonyl (C=O) groups is 1. The van der Waals surface area contributed by atoms with Crippen LogP contribution in [-0.4, -0.2) is 34.9 Å². The average Bonchev–Trinajstić information content (AvgIpc) is 3.02. The zero-order valence-electron chi connectivity index (χ0n) is 12.5. The molecule has 0 fully saturated rings. The van der Waals surface area contributed by atoms with Crippen molar-refractivity contribution in [2.75, 3.05) is 14.2 Å². The van der Waals surface area contributed by atoms with Crippen LogP contribution in [0.2, 0.25) is 0 Å². The summed E-state index contributed by atoms with van der Waals surface area (Å²) in [4.78, 5) is 21.5. The molecule has 5 heteroatoms. The molecule has 5 nitrogen and oxygen atoms in total. The molecule has 0 spiro atoms. The molecule has 0 aliphatic heterocycles. The van der Waals surface area contributed by atoms with Gasteiger partial charge in [-0.3, -0.25) is 4.79 Å². The summed E-state index contributed by atoms with van der Waals surface area (Å²) in [5.41, 5.74) is 2.49. The molecule has 1 N–H and O–H groups in total. The van der Waals surface area contributed by atoms with Gasteiger partial charge in [0.25, 0.3) is 5.91 Å². The molecular weight excluding hydrogens is 278 g/mol. The van der Waals surface area contributed by atoms with E-state index >= 15 is 0 Å². The molecule has 3 aromatic rings. The summed E-state index contributed by atoms with van der Waals surface area (Å²) in [5.74, 6) is 0.504. The van der Waals surface area contributed by atoms with Crippen LogP contribution in [0.25, 0.3) is 10.9 Å². The molecule has 0 atom stereocenters. The second kappa shape index (κ2) is 5.89. The van der Waals surface area contributed by atoms with Gasteiger partial charge in [-0.2, -0.15) is 0 Å². The number of hydrogen-bond acceptors (Lipinski definition) is 3. The molecule has 22 heavy (non-hydrogen) atoms. The van der Waals surface area contributed by atoms with Gasteiger partial charge in [-0.25, -0.2) is 4.98 Å². The van der Waals surface area contributed by atoms with Crippen LogP contribution in [0.3, 0.4) is 0 Å². The third kappa shape index (κ3) is 2.65. The van der Waals surface area contributed by atoms with E-state index in [1.165, 1.54) is 0 Å². The highest BCUT2D eigenvalue weighted by atomic mass is 16.5. The highest BCUT2D eigenvalue weighted by Gasteiger charge is 2.15. The van der Waals surface area contributed by atoms with Gasteiger partial charge in [-0.05, 0) is 29.7 Å². The summed E-state index contributed by atoms with van der Waals surface area (Å²) in [5, 5.41) is 1.09. The summed E-state index contributed by atoms with van der Waals surface area (Å²) in [7, 11) is 3.35. The first-order chi connectivity index (χ1) is 10.7. The fourth-order valence-electron chi connectivity index (χ4n) is 2.46. The quantitative estimate of drug-likeness (QED) is 0.805. The van der Waals surface area contributed by atoms with Gasteiger partial charge in [0.05, 0.1) is 13.7 Å². The Balaban J connectivity index is 1.81. The fourth-order valence-corrected chi connectivity index (χ4v) is 2.46. The number of aromatic nitrogens is 2. The first-order valence-corrected chi connectivity index (χ1v) is 6.99. The van der Waals surface area contributed by atoms with Crippen LogP contribution in [0.1, 0.15) is 15.9 Å². The minimum Gasteiger partial charge on any atom is -0.481 e. The Morgan fingerprint density at radius 1 is 1.32 bits per heavy atom. The van der Waals surface area contributed by atoms with Gasteiger partial charge in [-0.15, -0.1) is 0 Å². The lowest BCUT2D eigenvalue weighted by Crippen LogP contribution is -2.26. The fraction of sp³-hybridized carbons (Fsp3) is 0.176. The number of ether oxygens (including phenoxy) is 1. The minimum atomic E-state index is -0.0394. The second-order valence-corrected chi connectivity index (χ2v) is 5.11. The first kappa shape index (κ1) is 14.1. The van der Waals surface area contributed by atoms with E-state index in [-0.39, 0.29) is 5.91 Å². The van der Waals surface area contributed by atoms with Crippen LogP contribution in [0, 0.1) is 0 Å². The topological polar surface area (TPSA) is 58.2 Å². The van der Waals surface area contributed by atoms with Crippen LogP contribution in [0.15, 0.2) is 48.8 Å². The van der Waals surface area contributed by atoms with Crippen molar-refractivity contribution < 1.29 is 9.53 Å². The molecule has 2 heterocycles. The van der Waals surface area contributed by atoms with Gasteiger partial charge in [0.2, 0.25) is 5.88 Å². The molecular formula is C17H17N3O2. The Morgan fingerprint density at radius 3 is 3.00 bits per heavy atom. The number of benzene rings is 1. The maximum atomic E-state index is 12.6. The number of aromatic amines is 1. The molecule has 0 unspecified atom stereocenters. The number of nitrogens with zero attached hydrogens (tertiary/aromatic N) is 2. The molecule has 0 radical (unpaired) electrons. The number of nitrogens with one attached hydrogen (secondary N) is 1. The average molecular weight is 295 g/mol. The van der Waals surface area contributed by atoms with Crippen molar-refractivity contribution in [1.82, 2.24) is 14.9 Å².